The number of nitrogens with zero attached hydrogens (tertiary/aromatic N) is 1. The van der Waals surface area contributed by atoms with Gasteiger partial charge in [-0.25, -0.2) is 8.42 Å². The largest absolute Gasteiger partial charge is 0.491 e. The Morgan fingerprint density at radius 1 is 1.22 bits per heavy atom. The first-order valence-corrected chi connectivity index (χ1v) is 10.6. The van der Waals surface area contributed by atoms with Crippen LogP contribution in [0.15, 0.2) is 48.5 Å². The molecule has 2 rings (SSSR count). The molecule has 1 N–H and O–H groups in total. The number of hydrogen-bond donors (Lipinski definition) is 1. The highest BCUT2D eigenvalue weighted by molar-refractivity contribution is 7.92. The summed E-state index contributed by atoms with van der Waals surface area (Å²) in [6, 6.07) is 13.7. The molecular formula is C19H23ClN2O4S. The quantitative estimate of drug-likeness (QED) is 0.725. The lowest BCUT2D eigenvalue weighted by Crippen LogP contribution is -2.44. The Balaban J connectivity index is 1.98. The van der Waals surface area contributed by atoms with Crippen LogP contribution in [-0.4, -0.2) is 39.8 Å². The van der Waals surface area contributed by atoms with Crippen LogP contribution in [0.4, 0.5) is 5.69 Å². The van der Waals surface area contributed by atoms with Crippen molar-refractivity contribution < 1.29 is 17.9 Å². The van der Waals surface area contributed by atoms with Gasteiger partial charge >= 0.3 is 0 Å². The van der Waals surface area contributed by atoms with Crippen LogP contribution in [0.25, 0.3) is 0 Å². The predicted molar refractivity (Wildman–Crippen MR) is 108 cm³/mol. The third kappa shape index (κ3) is 6.45. The van der Waals surface area contributed by atoms with Crippen LogP contribution in [-0.2, 0) is 14.8 Å². The van der Waals surface area contributed by atoms with Crippen molar-refractivity contribution in [2.45, 2.75) is 19.9 Å². The van der Waals surface area contributed by atoms with E-state index in [0.29, 0.717) is 10.7 Å². The number of carbonyl (C=O) groups is 1. The molecule has 1 atom stereocenters. The summed E-state index contributed by atoms with van der Waals surface area (Å²) in [7, 11) is -3.64. The van der Waals surface area contributed by atoms with Crippen molar-refractivity contribution in [2.24, 2.45) is 0 Å². The highest BCUT2D eigenvalue weighted by atomic mass is 35.5. The number of aryl methyl sites for hydroxylation is 1. The molecule has 2 aromatic rings. The molecule has 1 unspecified atom stereocenters. The lowest BCUT2D eigenvalue weighted by atomic mass is 10.2. The zero-order valence-electron chi connectivity index (χ0n) is 15.5. The van der Waals surface area contributed by atoms with Crippen molar-refractivity contribution in [2.75, 3.05) is 23.7 Å². The van der Waals surface area contributed by atoms with Gasteiger partial charge in [-0.3, -0.25) is 9.10 Å². The number of ether oxygens (including phenoxy) is 1. The van der Waals surface area contributed by atoms with Crippen LogP contribution in [0.3, 0.4) is 0 Å². The van der Waals surface area contributed by atoms with E-state index < -0.39 is 15.9 Å². The lowest BCUT2D eigenvalue weighted by Gasteiger charge is -2.23. The molecule has 0 bridgehead atoms. The summed E-state index contributed by atoms with van der Waals surface area (Å²) >= 11 is 5.93. The van der Waals surface area contributed by atoms with Crippen molar-refractivity contribution in [3.63, 3.8) is 0 Å². The number of benzene rings is 2. The molecule has 0 fully saturated rings. The minimum atomic E-state index is -3.64. The lowest BCUT2D eigenvalue weighted by molar-refractivity contribution is -0.120. The van der Waals surface area contributed by atoms with Crippen LogP contribution < -0.4 is 14.4 Å². The van der Waals surface area contributed by atoms with E-state index in [0.717, 1.165) is 21.9 Å². The molecule has 0 radical (unpaired) electrons. The standard InChI is InChI=1S/C19H23ClN2O4S/c1-14-7-4-5-10-18(14)26-13-15(2)21-19(23)12-22(27(3,24)25)17-9-6-8-16(20)11-17/h4-11,15H,12-13H2,1-3H3,(H,21,23). The second-order valence-electron chi connectivity index (χ2n) is 6.29. The van der Waals surface area contributed by atoms with Crippen molar-refractivity contribution in [3.05, 3.63) is 59.1 Å². The van der Waals surface area contributed by atoms with Gasteiger partial charge in [-0.2, -0.15) is 0 Å². The second kappa shape index (κ2) is 9.10. The molecule has 8 heteroatoms. The molecule has 6 nitrogen and oxygen atoms in total. The van der Waals surface area contributed by atoms with E-state index in [4.69, 9.17) is 16.3 Å². The minimum Gasteiger partial charge on any atom is -0.491 e. The fourth-order valence-corrected chi connectivity index (χ4v) is 3.49. The number of amides is 1. The van der Waals surface area contributed by atoms with Crippen molar-refractivity contribution in [1.82, 2.24) is 5.32 Å². The average Bonchev–Trinajstić information content (AvgIpc) is 2.58. The summed E-state index contributed by atoms with van der Waals surface area (Å²) in [6.45, 7) is 3.66. The fraction of sp³-hybridized carbons (Fsp3) is 0.316. The Morgan fingerprint density at radius 3 is 2.56 bits per heavy atom. The molecular weight excluding hydrogens is 388 g/mol. The summed E-state index contributed by atoms with van der Waals surface area (Å²) in [5.41, 5.74) is 1.34. The molecule has 0 spiro atoms. The number of anilines is 1. The number of carbonyl (C=O) groups excluding carboxylic acids is 1. The van der Waals surface area contributed by atoms with E-state index in [2.05, 4.69) is 5.32 Å². The molecule has 0 aliphatic heterocycles. The molecule has 1 amide bonds. The number of rotatable bonds is 8. The van der Waals surface area contributed by atoms with Crippen LogP contribution >= 0.6 is 11.6 Å². The van der Waals surface area contributed by atoms with E-state index in [9.17, 15) is 13.2 Å². The SMILES string of the molecule is Cc1ccccc1OCC(C)NC(=O)CN(c1cccc(Cl)c1)S(C)(=O)=O. The number of halogens is 1. The van der Waals surface area contributed by atoms with Crippen LogP contribution in [0.5, 0.6) is 5.75 Å². The van der Waals surface area contributed by atoms with Gasteiger partial charge in [0.15, 0.2) is 0 Å². The van der Waals surface area contributed by atoms with Crippen molar-refractivity contribution in [1.29, 1.82) is 0 Å². The average molecular weight is 411 g/mol. The van der Waals surface area contributed by atoms with Gasteiger partial charge in [0.25, 0.3) is 0 Å². The van der Waals surface area contributed by atoms with Gasteiger partial charge in [-0.05, 0) is 43.7 Å². The zero-order valence-corrected chi connectivity index (χ0v) is 17.0. The zero-order chi connectivity index (χ0) is 20.0. The smallest absolute Gasteiger partial charge is 0.241 e. The summed E-state index contributed by atoms with van der Waals surface area (Å²) in [5, 5.41) is 3.14. The molecule has 27 heavy (non-hydrogen) atoms. The first-order chi connectivity index (χ1) is 12.7. The summed E-state index contributed by atoms with van der Waals surface area (Å²) in [6.07, 6.45) is 1.05. The van der Waals surface area contributed by atoms with Gasteiger partial charge < -0.3 is 10.1 Å². The Bertz CT molecular complexity index is 902. The van der Waals surface area contributed by atoms with Crippen LogP contribution in [0.1, 0.15) is 12.5 Å². The normalized spacial score (nSPS) is 12.3. The summed E-state index contributed by atoms with van der Waals surface area (Å²) < 4.78 is 30.9. The molecule has 0 aromatic heterocycles. The van der Waals surface area contributed by atoms with Crippen molar-refractivity contribution >= 4 is 33.2 Å². The van der Waals surface area contributed by atoms with Crippen molar-refractivity contribution in [3.8, 4) is 5.75 Å². The van der Waals surface area contributed by atoms with Gasteiger partial charge in [0.2, 0.25) is 15.9 Å². The van der Waals surface area contributed by atoms with E-state index in [1.54, 1.807) is 25.1 Å². The van der Waals surface area contributed by atoms with E-state index in [1.165, 1.54) is 6.07 Å². The van der Waals surface area contributed by atoms with E-state index >= 15 is 0 Å². The maximum Gasteiger partial charge on any atom is 0.241 e. The Labute approximate surface area is 165 Å². The maximum absolute atomic E-state index is 12.3. The Morgan fingerprint density at radius 2 is 1.93 bits per heavy atom. The monoisotopic (exact) mass is 410 g/mol. The highest BCUT2D eigenvalue weighted by Gasteiger charge is 2.22. The number of sulfonamides is 1. The Kier molecular flexibility index (Phi) is 7.10. The topological polar surface area (TPSA) is 75.7 Å². The first-order valence-electron chi connectivity index (χ1n) is 8.38. The predicted octanol–water partition coefficient (Wildman–Crippen LogP) is 3.00. The maximum atomic E-state index is 12.3. The second-order valence-corrected chi connectivity index (χ2v) is 8.64. The highest BCUT2D eigenvalue weighted by Crippen LogP contribution is 2.21. The van der Waals surface area contributed by atoms with Crippen LogP contribution in [0, 0.1) is 6.92 Å². The Hall–Kier alpha value is -2.25. The first kappa shape index (κ1) is 21.1. The third-order valence-corrected chi connectivity index (χ3v) is 5.15. The number of para-hydroxylation sites is 1. The molecule has 0 saturated heterocycles. The van der Waals surface area contributed by atoms with Gasteiger partial charge in [-0.15, -0.1) is 0 Å². The minimum absolute atomic E-state index is 0.270. The fourth-order valence-electron chi connectivity index (χ4n) is 2.46. The number of hydrogen-bond acceptors (Lipinski definition) is 4. The molecule has 2 aromatic carbocycles. The molecule has 0 aliphatic rings. The molecule has 0 saturated carbocycles. The van der Waals surface area contributed by atoms with Crippen LogP contribution in [0.2, 0.25) is 5.02 Å². The molecule has 0 heterocycles. The molecule has 0 aliphatic carbocycles. The third-order valence-electron chi connectivity index (χ3n) is 3.77. The van der Waals surface area contributed by atoms with Gasteiger partial charge in [-0.1, -0.05) is 35.9 Å². The summed E-state index contributed by atoms with van der Waals surface area (Å²) in [4.78, 5) is 12.3. The van der Waals surface area contributed by atoms with Gasteiger partial charge in [0.1, 0.15) is 18.9 Å². The van der Waals surface area contributed by atoms with Gasteiger partial charge in [0.05, 0.1) is 18.0 Å². The van der Waals surface area contributed by atoms with E-state index in [1.807, 2.05) is 31.2 Å². The summed E-state index contributed by atoms with van der Waals surface area (Å²) in [5.74, 6) is 0.316. The molecule has 146 valence electrons. The number of nitrogens with one attached hydrogen (secondary N) is 1. The van der Waals surface area contributed by atoms with E-state index in [-0.39, 0.29) is 19.2 Å². The van der Waals surface area contributed by atoms with Gasteiger partial charge in [0, 0.05) is 5.02 Å².